The number of rotatable bonds is 5. The van der Waals surface area contributed by atoms with Crippen LogP contribution < -0.4 is 10.2 Å². The fraction of sp³-hybridized carbons (Fsp3) is 0.211. The number of amides is 1. The number of nitrogens with one attached hydrogen (secondary N) is 1. The standard InChI is InChI=1S/C19H20N2O2/c1-3-14-8-4-6-10-17(14)20-19(22)12-15-13-21(23-2)18-11-7-5-9-16(15)18/h4-11,13H,3,12H2,1-2H3,(H,20,22). The van der Waals surface area contributed by atoms with Crippen LogP contribution in [-0.2, 0) is 17.6 Å². The lowest BCUT2D eigenvalue weighted by atomic mass is 10.1. The predicted octanol–water partition coefficient (Wildman–Crippen LogP) is 3.44. The summed E-state index contributed by atoms with van der Waals surface area (Å²) in [5.41, 5.74) is 3.94. The molecule has 0 fully saturated rings. The van der Waals surface area contributed by atoms with Crippen LogP contribution in [-0.4, -0.2) is 17.7 Å². The molecule has 2 aromatic carbocycles. The first-order valence-corrected chi connectivity index (χ1v) is 7.74. The molecule has 0 bridgehead atoms. The molecule has 23 heavy (non-hydrogen) atoms. The van der Waals surface area contributed by atoms with Gasteiger partial charge in [-0.05, 0) is 29.7 Å². The summed E-state index contributed by atoms with van der Waals surface area (Å²) >= 11 is 0. The average Bonchev–Trinajstić information content (AvgIpc) is 2.93. The van der Waals surface area contributed by atoms with Crippen LogP contribution in [0, 0.1) is 0 Å². The number of benzene rings is 2. The summed E-state index contributed by atoms with van der Waals surface area (Å²) in [5, 5.41) is 4.05. The van der Waals surface area contributed by atoms with Gasteiger partial charge in [0.1, 0.15) is 7.11 Å². The van der Waals surface area contributed by atoms with Gasteiger partial charge in [0.05, 0.1) is 11.9 Å². The average molecular weight is 308 g/mol. The van der Waals surface area contributed by atoms with Gasteiger partial charge in [0.15, 0.2) is 0 Å². The SMILES string of the molecule is CCc1ccccc1NC(=O)Cc1cn(OC)c2ccccc12. The Morgan fingerprint density at radius 2 is 1.83 bits per heavy atom. The van der Waals surface area contributed by atoms with Crippen molar-refractivity contribution < 1.29 is 9.63 Å². The van der Waals surface area contributed by atoms with Crippen molar-refractivity contribution >= 4 is 22.5 Å². The van der Waals surface area contributed by atoms with Gasteiger partial charge in [-0.25, -0.2) is 0 Å². The summed E-state index contributed by atoms with van der Waals surface area (Å²) in [4.78, 5) is 17.8. The quantitative estimate of drug-likeness (QED) is 0.784. The molecule has 1 heterocycles. The Balaban J connectivity index is 1.83. The third kappa shape index (κ3) is 3.06. The van der Waals surface area contributed by atoms with E-state index in [2.05, 4.69) is 12.2 Å². The molecule has 3 rings (SSSR count). The molecule has 1 amide bonds. The highest BCUT2D eigenvalue weighted by molar-refractivity contribution is 5.96. The minimum atomic E-state index is -0.0232. The van der Waals surface area contributed by atoms with E-state index in [1.165, 1.54) is 0 Å². The van der Waals surface area contributed by atoms with Crippen molar-refractivity contribution in [1.29, 1.82) is 0 Å². The van der Waals surface area contributed by atoms with Crippen LogP contribution in [0.2, 0.25) is 0 Å². The van der Waals surface area contributed by atoms with Gasteiger partial charge >= 0.3 is 0 Å². The molecule has 4 nitrogen and oxygen atoms in total. The van der Waals surface area contributed by atoms with E-state index in [1.54, 1.807) is 11.8 Å². The van der Waals surface area contributed by atoms with E-state index in [0.717, 1.165) is 34.1 Å². The first-order chi connectivity index (χ1) is 11.2. The molecule has 1 aromatic heterocycles. The number of carbonyl (C=O) groups is 1. The summed E-state index contributed by atoms with van der Waals surface area (Å²) in [6.07, 6.45) is 3.07. The predicted molar refractivity (Wildman–Crippen MR) is 92.6 cm³/mol. The third-order valence-corrected chi connectivity index (χ3v) is 3.98. The van der Waals surface area contributed by atoms with Gasteiger partial charge in [-0.15, -0.1) is 0 Å². The number of anilines is 1. The highest BCUT2D eigenvalue weighted by atomic mass is 16.6. The molecular weight excluding hydrogens is 288 g/mol. The van der Waals surface area contributed by atoms with Gasteiger partial charge in [0.25, 0.3) is 0 Å². The van der Waals surface area contributed by atoms with Crippen molar-refractivity contribution in [3.05, 3.63) is 65.9 Å². The maximum atomic E-state index is 12.4. The van der Waals surface area contributed by atoms with Crippen molar-refractivity contribution in [2.24, 2.45) is 0 Å². The summed E-state index contributed by atoms with van der Waals surface area (Å²) in [6, 6.07) is 15.8. The highest BCUT2D eigenvalue weighted by Gasteiger charge is 2.13. The maximum Gasteiger partial charge on any atom is 0.228 e. The Bertz CT molecular complexity index is 836. The number of nitrogens with zero attached hydrogens (tertiary/aromatic N) is 1. The molecular formula is C19H20N2O2. The molecule has 0 spiro atoms. The zero-order valence-corrected chi connectivity index (χ0v) is 13.4. The first-order valence-electron chi connectivity index (χ1n) is 7.74. The topological polar surface area (TPSA) is 43.3 Å². The summed E-state index contributed by atoms with van der Waals surface area (Å²) < 4.78 is 1.69. The third-order valence-electron chi connectivity index (χ3n) is 3.98. The van der Waals surface area contributed by atoms with Crippen molar-refractivity contribution in [3.8, 4) is 0 Å². The van der Waals surface area contributed by atoms with E-state index < -0.39 is 0 Å². The number of fused-ring (bicyclic) bond motifs is 1. The van der Waals surface area contributed by atoms with Crippen LogP contribution in [0.5, 0.6) is 0 Å². The summed E-state index contributed by atoms with van der Waals surface area (Å²) in [5.74, 6) is -0.0232. The Morgan fingerprint density at radius 1 is 1.09 bits per heavy atom. The largest absolute Gasteiger partial charge is 0.417 e. The second-order valence-corrected chi connectivity index (χ2v) is 5.42. The Kier molecular flexibility index (Phi) is 4.33. The normalized spacial score (nSPS) is 10.7. The smallest absolute Gasteiger partial charge is 0.228 e. The van der Waals surface area contributed by atoms with E-state index in [1.807, 2.05) is 54.7 Å². The van der Waals surface area contributed by atoms with Crippen molar-refractivity contribution in [2.75, 3.05) is 12.4 Å². The number of para-hydroxylation sites is 2. The van der Waals surface area contributed by atoms with Gasteiger partial charge in [0, 0.05) is 17.3 Å². The second kappa shape index (κ2) is 6.57. The Hall–Kier alpha value is -2.75. The zero-order chi connectivity index (χ0) is 16.2. The Labute approximate surface area is 135 Å². The number of aryl methyl sites for hydroxylation is 1. The van der Waals surface area contributed by atoms with E-state index in [4.69, 9.17) is 4.84 Å². The zero-order valence-electron chi connectivity index (χ0n) is 13.4. The van der Waals surface area contributed by atoms with Gasteiger partial charge in [0.2, 0.25) is 5.91 Å². The maximum absolute atomic E-state index is 12.4. The molecule has 0 saturated heterocycles. The second-order valence-electron chi connectivity index (χ2n) is 5.42. The molecule has 0 aliphatic rings. The van der Waals surface area contributed by atoms with Crippen LogP contribution in [0.15, 0.2) is 54.7 Å². The lowest BCUT2D eigenvalue weighted by Gasteiger charge is -2.09. The number of hydrogen-bond donors (Lipinski definition) is 1. The minimum absolute atomic E-state index is 0.0232. The molecule has 0 radical (unpaired) electrons. The molecule has 4 heteroatoms. The molecule has 3 aromatic rings. The number of carbonyl (C=O) groups excluding carboxylic acids is 1. The van der Waals surface area contributed by atoms with E-state index in [0.29, 0.717) is 6.42 Å². The van der Waals surface area contributed by atoms with Gasteiger partial charge < -0.3 is 10.2 Å². The monoisotopic (exact) mass is 308 g/mol. The Morgan fingerprint density at radius 3 is 2.61 bits per heavy atom. The van der Waals surface area contributed by atoms with Gasteiger partial charge in [-0.3, -0.25) is 4.79 Å². The fourth-order valence-corrected chi connectivity index (χ4v) is 2.83. The van der Waals surface area contributed by atoms with E-state index in [-0.39, 0.29) is 5.91 Å². The molecule has 0 saturated carbocycles. The molecule has 0 aliphatic carbocycles. The van der Waals surface area contributed by atoms with Crippen LogP contribution in [0.1, 0.15) is 18.1 Å². The van der Waals surface area contributed by atoms with Crippen LogP contribution in [0.25, 0.3) is 10.9 Å². The molecule has 0 atom stereocenters. The minimum Gasteiger partial charge on any atom is -0.417 e. The van der Waals surface area contributed by atoms with E-state index in [9.17, 15) is 4.79 Å². The number of aromatic nitrogens is 1. The van der Waals surface area contributed by atoms with Gasteiger partial charge in [-0.2, -0.15) is 4.73 Å². The van der Waals surface area contributed by atoms with Crippen molar-refractivity contribution in [3.63, 3.8) is 0 Å². The van der Waals surface area contributed by atoms with Crippen LogP contribution in [0.4, 0.5) is 5.69 Å². The number of hydrogen-bond acceptors (Lipinski definition) is 2. The first kappa shape index (κ1) is 15.2. The molecule has 0 unspecified atom stereocenters. The lowest BCUT2D eigenvalue weighted by Crippen LogP contribution is -2.15. The van der Waals surface area contributed by atoms with Gasteiger partial charge in [-0.1, -0.05) is 43.3 Å². The molecule has 1 N–H and O–H groups in total. The van der Waals surface area contributed by atoms with Crippen LogP contribution >= 0.6 is 0 Å². The lowest BCUT2D eigenvalue weighted by molar-refractivity contribution is -0.115. The molecule has 0 aliphatic heterocycles. The van der Waals surface area contributed by atoms with Crippen LogP contribution in [0.3, 0.4) is 0 Å². The van der Waals surface area contributed by atoms with Crippen molar-refractivity contribution in [2.45, 2.75) is 19.8 Å². The highest BCUT2D eigenvalue weighted by Crippen LogP contribution is 2.22. The molecule has 118 valence electrons. The van der Waals surface area contributed by atoms with E-state index >= 15 is 0 Å². The fourth-order valence-electron chi connectivity index (χ4n) is 2.83. The van der Waals surface area contributed by atoms with Crippen molar-refractivity contribution in [1.82, 2.24) is 4.73 Å². The summed E-state index contributed by atoms with van der Waals surface area (Å²) in [7, 11) is 1.62. The summed E-state index contributed by atoms with van der Waals surface area (Å²) in [6.45, 7) is 2.08.